The molecule has 0 heterocycles. The summed E-state index contributed by atoms with van der Waals surface area (Å²) < 4.78 is 0. The summed E-state index contributed by atoms with van der Waals surface area (Å²) in [5, 5.41) is 1.18. The second kappa shape index (κ2) is 10.8. The van der Waals surface area contributed by atoms with E-state index in [9.17, 15) is 0 Å². The van der Waals surface area contributed by atoms with Crippen molar-refractivity contribution in [3.8, 4) is 0 Å². The largest absolute Gasteiger partial charge is 0.347 e. The van der Waals surface area contributed by atoms with Gasteiger partial charge in [-0.1, -0.05) is 36.4 Å². The summed E-state index contributed by atoms with van der Waals surface area (Å²) in [5.74, 6) is 0. The van der Waals surface area contributed by atoms with Crippen molar-refractivity contribution in [2.75, 3.05) is 0 Å². The van der Waals surface area contributed by atoms with Gasteiger partial charge in [-0.05, 0) is 24.3 Å². The van der Waals surface area contributed by atoms with Gasteiger partial charge in [-0.25, -0.2) is 0 Å². The van der Waals surface area contributed by atoms with Gasteiger partial charge in [0.25, 0.3) is 0 Å². The first kappa shape index (κ1) is 19.0. The van der Waals surface area contributed by atoms with Gasteiger partial charge in [0.05, 0.1) is 0 Å². The van der Waals surface area contributed by atoms with Crippen LogP contribution in [0.1, 0.15) is 0 Å². The predicted octanol–water partition coefficient (Wildman–Crippen LogP) is 1.21. The molecule has 0 spiro atoms. The average Bonchev–Trinajstić information content (AvgIpc) is 2.41. The Balaban J connectivity index is 0.000000324. The summed E-state index contributed by atoms with van der Waals surface area (Å²) in [6, 6.07) is 17.5. The van der Waals surface area contributed by atoms with Gasteiger partial charge in [-0.3, -0.25) is 0 Å². The van der Waals surface area contributed by atoms with Crippen molar-refractivity contribution in [1.82, 2.24) is 0 Å². The smallest absolute Gasteiger partial charge is 0.199 e. The van der Waals surface area contributed by atoms with E-state index >= 15 is 0 Å². The number of hydrogen-bond donors (Lipinski definition) is 4. The molecule has 0 aliphatic heterocycles. The summed E-state index contributed by atoms with van der Waals surface area (Å²) in [7, 11) is -3.79. The van der Waals surface area contributed by atoms with Crippen LogP contribution in [0.4, 0.5) is 0 Å². The first-order valence-electron chi connectivity index (χ1n) is 5.07. The molecule has 0 bridgehead atoms. The van der Waals surface area contributed by atoms with Crippen LogP contribution in [0.2, 0.25) is 0 Å². The van der Waals surface area contributed by atoms with Crippen LogP contribution in [0.5, 0.6) is 0 Å². The predicted molar refractivity (Wildman–Crippen MR) is 74.9 cm³/mol. The molecule has 0 fully saturated rings. The SMILES string of the molecule is OP(O)c1ccccc1.OP(O)c1ccccc1.[Zr]. The first-order valence-corrected chi connectivity index (χ1v) is 7.56. The van der Waals surface area contributed by atoms with Crippen LogP contribution in [0, 0.1) is 0 Å². The van der Waals surface area contributed by atoms with Gasteiger partial charge in [0.1, 0.15) is 0 Å². The minimum absolute atomic E-state index is 0. The van der Waals surface area contributed by atoms with Crippen molar-refractivity contribution in [2.24, 2.45) is 0 Å². The van der Waals surface area contributed by atoms with Gasteiger partial charge in [-0.2, -0.15) is 0 Å². The second-order valence-corrected chi connectivity index (χ2v) is 5.44. The Bertz CT molecular complexity index is 396. The monoisotopic (exact) mass is 374 g/mol. The van der Waals surface area contributed by atoms with E-state index in [-0.39, 0.29) is 26.2 Å². The molecule has 4 nitrogen and oxygen atoms in total. The molecule has 0 unspecified atom stereocenters. The molecule has 0 aliphatic carbocycles. The molecular formula is C12H14O4P2Zr. The summed E-state index contributed by atoms with van der Waals surface area (Å²) in [4.78, 5) is 34.6. The maximum absolute atomic E-state index is 8.64. The summed E-state index contributed by atoms with van der Waals surface area (Å²) >= 11 is 0. The molecule has 100 valence electrons. The quantitative estimate of drug-likeness (QED) is 0.595. The minimum Gasteiger partial charge on any atom is -0.347 e. The molecule has 19 heavy (non-hydrogen) atoms. The normalized spacial score (nSPS) is 9.58. The Hall–Kier alpha value is 0.0231. The molecule has 4 N–H and O–H groups in total. The zero-order valence-electron chi connectivity index (χ0n) is 9.96. The number of benzene rings is 2. The first-order chi connectivity index (χ1) is 8.61. The summed E-state index contributed by atoms with van der Waals surface area (Å²) in [6.45, 7) is 0. The summed E-state index contributed by atoms with van der Waals surface area (Å²) in [5.41, 5.74) is 0. The third-order valence-electron chi connectivity index (χ3n) is 1.97. The van der Waals surface area contributed by atoms with Gasteiger partial charge in [0.15, 0.2) is 16.8 Å². The van der Waals surface area contributed by atoms with E-state index in [1.54, 1.807) is 48.5 Å². The fourth-order valence-corrected chi connectivity index (χ4v) is 2.00. The molecule has 0 amide bonds. The molecule has 2 rings (SSSR count). The van der Waals surface area contributed by atoms with Crippen LogP contribution < -0.4 is 10.6 Å². The van der Waals surface area contributed by atoms with E-state index in [2.05, 4.69) is 0 Å². The molecule has 7 heteroatoms. The number of hydrogen-bond acceptors (Lipinski definition) is 4. The van der Waals surface area contributed by atoms with Crippen LogP contribution in [0.25, 0.3) is 0 Å². The average molecular weight is 375 g/mol. The van der Waals surface area contributed by atoms with Crippen molar-refractivity contribution in [2.45, 2.75) is 0 Å². The molecule has 0 aromatic heterocycles. The van der Waals surface area contributed by atoms with E-state index in [1.807, 2.05) is 12.1 Å². The van der Waals surface area contributed by atoms with Crippen molar-refractivity contribution >= 4 is 27.4 Å². The Morgan fingerprint density at radius 2 is 0.789 bits per heavy atom. The summed E-state index contributed by atoms with van der Waals surface area (Å²) in [6.07, 6.45) is 0. The fraction of sp³-hybridized carbons (Fsp3) is 0. The van der Waals surface area contributed by atoms with Crippen molar-refractivity contribution < 1.29 is 45.8 Å². The van der Waals surface area contributed by atoms with E-state index in [0.717, 1.165) is 0 Å². The Kier molecular flexibility index (Phi) is 10.8. The van der Waals surface area contributed by atoms with Gasteiger partial charge in [0.2, 0.25) is 0 Å². The molecular weight excluding hydrogens is 361 g/mol. The van der Waals surface area contributed by atoms with Crippen LogP contribution in [-0.4, -0.2) is 19.6 Å². The van der Waals surface area contributed by atoms with Crippen LogP contribution >= 0.6 is 16.8 Å². The molecule has 0 atom stereocenters. The van der Waals surface area contributed by atoms with Gasteiger partial charge in [0, 0.05) is 36.8 Å². The van der Waals surface area contributed by atoms with Crippen LogP contribution in [0.15, 0.2) is 60.7 Å². The minimum atomic E-state index is -1.90. The van der Waals surface area contributed by atoms with E-state index in [0.29, 0.717) is 10.6 Å². The maximum Gasteiger partial charge on any atom is 0.199 e. The second-order valence-electron chi connectivity index (χ2n) is 3.25. The third-order valence-corrected chi connectivity index (χ3v) is 3.49. The zero-order chi connectivity index (χ0) is 13.4. The van der Waals surface area contributed by atoms with Gasteiger partial charge >= 0.3 is 0 Å². The molecule has 0 saturated carbocycles. The Morgan fingerprint density at radius 3 is 0.947 bits per heavy atom. The van der Waals surface area contributed by atoms with E-state index in [4.69, 9.17) is 19.6 Å². The molecule has 2 aromatic carbocycles. The fourth-order valence-electron chi connectivity index (χ4n) is 1.12. The Morgan fingerprint density at radius 1 is 0.526 bits per heavy atom. The van der Waals surface area contributed by atoms with Gasteiger partial charge in [-0.15, -0.1) is 0 Å². The van der Waals surface area contributed by atoms with E-state index in [1.165, 1.54) is 0 Å². The van der Waals surface area contributed by atoms with Crippen molar-refractivity contribution in [3.05, 3.63) is 60.7 Å². The van der Waals surface area contributed by atoms with Gasteiger partial charge < -0.3 is 19.6 Å². The Labute approximate surface area is 133 Å². The zero-order valence-corrected chi connectivity index (χ0v) is 14.2. The third kappa shape index (κ3) is 8.02. The topological polar surface area (TPSA) is 80.9 Å². The molecule has 0 aliphatic rings. The standard InChI is InChI=1S/2C6H7O2P.Zr/c2*7-9(8)6-4-2-1-3-5-6;/h2*1-5,7-8H;. The van der Waals surface area contributed by atoms with Crippen molar-refractivity contribution in [1.29, 1.82) is 0 Å². The maximum atomic E-state index is 8.64. The van der Waals surface area contributed by atoms with Crippen LogP contribution in [0.3, 0.4) is 0 Å². The van der Waals surface area contributed by atoms with Crippen LogP contribution in [-0.2, 0) is 26.2 Å². The van der Waals surface area contributed by atoms with Crippen molar-refractivity contribution in [3.63, 3.8) is 0 Å². The molecule has 2 aromatic rings. The molecule has 0 saturated heterocycles. The molecule has 0 radical (unpaired) electrons. The van der Waals surface area contributed by atoms with E-state index < -0.39 is 16.8 Å². The number of rotatable bonds is 2.